The summed E-state index contributed by atoms with van der Waals surface area (Å²) in [6, 6.07) is 3.33. The third kappa shape index (κ3) is 2.73. The Bertz CT molecular complexity index is 677. The fourth-order valence-electron chi connectivity index (χ4n) is 4.31. The molecular weight excluding hydrogens is 312 g/mol. The van der Waals surface area contributed by atoms with Crippen molar-refractivity contribution >= 4 is 11.6 Å². The number of phenols is 1. The minimum Gasteiger partial charge on any atom is -0.508 e. The molecule has 3 rings (SSSR count). The first kappa shape index (κ1) is 16.7. The van der Waals surface area contributed by atoms with E-state index in [-0.39, 0.29) is 23.3 Å². The van der Waals surface area contributed by atoms with E-state index in [1.165, 1.54) is 25.1 Å². The quantitative estimate of drug-likeness (QED) is 0.639. The number of likely N-dealkylation sites (tertiary alicyclic amines) is 1. The number of nitro benzene ring substituents is 1. The van der Waals surface area contributed by atoms with Crippen LogP contribution in [0.3, 0.4) is 0 Å². The smallest absolute Gasteiger partial charge is 0.270 e. The molecule has 1 amide bonds. The third-order valence-corrected chi connectivity index (χ3v) is 5.51. The predicted molar refractivity (Wildman–Crippen MR) is 86.4 cm³/mol. The highest BCUT2D eigenvalue weighted by Crippen LogP contribution is 2.51. The van der Waals surface area contributed by atoms with Gasteiger partial charge in [-0.25, -0.2) is 0 Å². The van der Waals surface area contributed by atoms with Crippen LogP contribution in [-0.4, -0.2) is 38.1 Å². The Hall–Kier alpha value is -2.15. The number of nitro groups is 1. The highest BCUT2D eigenvalue weighted by molar-refractivity contribution is 5.74. The number of piperidine rings is 1. The van der Waals surface area contributed by atoms with Crippen LogP contribution in [0.5, 0.6) is 5.75 Å². The van der Waals surface area contributed by atoms with Crippen LogP contribution >= 0.6 is 0 Å². The Kier molecular flexibility index (Phi) is 4.21. The van der Waals surface area contributed by atoms with Gasteiger partial charge in [0, 0.05) is 37.1 Å². The first-order chi connectivity index (χ1) is 11.3. The highest BCUT2D eigenvalue weighted by Gasteiger charge is 2.50. The van der Waals surface area contributed by atoms with Gasteiger partial charge >= 0.3 is 0 Å². The molecular formula is C17H22N2O5. The van der Waals surface area contributed by atoms with Crippen molar-refractivity contribution in [3.05, 3.63) is 33.9 Å². The van der Waals surface area contributed by atoms with Gasteiger partial charge in [-0.05, 0) is 25.3 Å². The number of carbonyl (C=O) groups excluding carboxylic acids is 1. The van der Waals surface area contributed by atoms with Gasteiger partial charge < -0.3 is 15.1 Å². The number of benzene rings is 1. The van der Waals surface area contributed by atoms with E-state index >= 15 is 0 Å². The van der Waals surface area contributed by atoms with E-state index in [9.17, 15) is 25.1 Å². The fourth-order valence-corrected chi connectivity index (χ4v) is 4.31. The second kappa shape index (κ2) is 6.05. The molecule has 1 heterocycles. The number of carbonyl (C=O) groups is 1. The Balaban J connectivity index is 2.10. The largest absolute Gasteiger partial charge is 0.508 e. The number of fused-ring (bicyclic) bond motifs is 1. The number of hydrogen-bond donors (Lipinski definition) is 2. The third-order valence-electron chi connectivity index (χ3n) is 5.51. The van der Waals surface area contributed by atoms with E-state index in [0.717, 1.165) is 19.3 Å². The van der Waals surface area contributed by atoms with Crippen LogP contribution in [0.25, 0.3) is 0 Å². The second-order valence-electron chi connectivity index (χ2n) is 6.86. The first-order valence-corrected chi connectivity index (χ1v) is 8.30. The average molecular weight is 334 g/mol. The Morgan fingerprint density at radius 2 is 2.12 bits per heavy atom. The number of non-ortho nitro benzene ring substituents is 1. The van der Waals surface area contributed by atoms with E-state index < -0.39 is 16.6 Å². The van der Waals surface area contributed by atoms with Gasteiger partial charge in [-0.3, -0.25) is 14.9 Å². The molecule has 1 aromatic rings. The van der Waals surface area contributed by atoms with E-state index in [0.29, 0.717) is 24.9 Å². The van der Waals surface area contributed by atoms with Crippen molar-refractivity contribution in [2.24, 2.45) is 5.92 Å². The summed E-state index contributed by atoms with van der Waals surface area (Å²) in [5, 5.41) is 32.4. The van der Waals surface area contributed by atoms with Crippen LogP contribution in [0.15, 0.2) is 18.2 Å². The molecule has 2 fully saturated rings. The number of aromatic hydroxyl groups is 1. The summed E-state index contributed by atoms with van der Waals surface area (Å²) >= 11 is 0. The first-order valence-electron chi connectivity index (χ1n) is 8.30. The van der Waals surface area contributed by atoms with Gasteiger partial charge in [0.1, 0.15) is 5.75 Å². The van der Waals surface area contributed by atoms with Gasteiger partial charge in [0.25, 0.3) is 5.69 Å². The van der Waals surface area contributed by atoms with Crippen molar-refractivity contribution < 1.29 is 19.9 Å². The molecule has 2 aliphatic rings. The van der Waals surface area contributed by atoms with Gasteiger partial charge in [-0.2, -0.15) is 0 Å². The van der Waals surface area contributed by atoms with Gasteiger partial charge in [0.15, 0.2) is 0 Å². The molecule has 7 heteroatoms. The van der Waals surface area contributed by atoms with Crippen molar-refractivity contribution in [2.75, 3.05) is 6.54 Å². The van der Waals surface area contributed by atoms with Gasteiger partial charge in [-0.1, -0.05) is 12.8 Å². The molecule has 7 nitrogen and oxygen atoms in total. The minimum absolute atomic E-state index is 0.0772. The molecule has 0 unspecified atom stereocenters. The van der Waals surface area contributed by atoms with Crippen molar-refractivity contribution in [1.82, 2.24) is 4.90 Å². The summed E-state index contributed by atoms with van der Waals surface area (Å²) in [5.74, 6) is -0.456. The number of rotatable bonds is 2. The number of nitrogens with zero attached hydrogens (tertiary/aromatic N) is 2. The van der Waals surface area contributed by atoms with Crippen LogP contribution < -0.4 is 0 Å². The summed E-state index contributed by atoms with van der Waals surface area (Å²) in [6.07, 6.45) is 3.76. The lowest BCUT2D eigenvalue weighted by Crippen LogP contribution is -2.55. The molecule has 0 radical (unpaired) electrons. The topological polar surface area (TPSA) is 104 Å². The molecule has 2 N–H and O–H groups in total. The maximum Gasteiger partial charge on any atom is 0.270 e. The standard InChI is InChI=1S/C17H22N2O5/c1-11(20)18-9-8-17(22)7-3-2-4-14(17)16(18)13-10-12(19(23)24)5-6-15(13)21/h5-6,10,14,16,21-22H,2-4,7-9H2,1H3/t14-,16-,17+/m0/s1. The van der Waals surface area contributed by atoms with Crippen molar-refractivity contribution in [3.8, 4) is 5.75 Å². The summed E-state index contributed by atoms with van der Waals surface area (Å²) in [6.45, 7) is 1.84. The summed E-state index contributed by atoms with van der Waals surface area (Å²) < 4.78 is 0. The zero-order chi connectivity index (χ0) is 17.5. The van der Waals surface area contributed by atoms with E-state index in [4.69, 9.17) is 0 Å². The van der Waals surface area contributed by atoms with Crippen molar-refractivity contribution in [3.63, 3.8) is 0 Å². The van der Waals surface area contributed by atoms with Crippen LogP contribution in [0.1, 0.15) is 50.6 Å². The number of aliphatic hydroxyl groups is 1. The summed E-state index contributed by atoms with van der Waals surface area (Å²) in [7, 11) is 0. The predicted octanol–water partition coefficient (Wildman–Crippen LogP) is 2.52. The number of amides is 1. The SMILES string of the molecule is CC(=O)N1CC[C@]2(O)CCCC[C@H]2[C@@H]1c1cc([N+](=O)[O-])ccc1O. The molecule has 1 saturated heterocycles. The lowest BCUT2D eigenvalue weighted by atomic mass is 9.66. The zero-order valence-corrected chi connectivity index (χ0v) is 13.6. The molecule has 1 aliphatic carbocycles. The molecule has 1 aromatic carbocycles. The average Bonchev–Trinajstić information content (AvgIpc) is 2.53. The number of phenolic OH excluding ortho intramolecular Hbond substituents is 1. The van der Waals surface area contributed by atoms with Gasteiger partial charge in [-0.15, -0.1) is 0 Å². The molecule has 0 spiro atoms. The van der Waals surface area contributed by atoms with Crippen LogP contribution in [-0.2, 0) is 4.79 Å². The van der Waals surface area contributed by atoms with E-state index in [2.05, 4.69) is 0 Å². The van der Waals surface area contributed by atoms with E-state index in [1.807, 2.05) is 0 Å². The molecule has 3 atom stereocenters. The molecule has 130 valence electrons. The molecule has 1 aliphatic heterocycles. The van der Waals surface area contributed by atoms with Crippen LogP contribution in [0.2, 0.25) is 0 Å². The maximum atomic E-state index is 12.1. The minimum atomic E-state index is -0.883. The van der Waals surface area contributed by atoms with Crippen molar-refractivity contribution in [2.45, 2.75) is 50.7 Å². The van der Waals surface area contributed by atoms with Gasteiger partial charge in [0.2, 0.25) is 5.91 Å². The summed E-state index contributed by atoms with van der Waals surface area (Å²) in [4.78, 5) is 24.3. The van der Waals surface area contributed by atoms with Crippen LogP contribution in [0, 0.1) is 16.0 Å². The maximum absolute atomic E-state index is 12.1. The highest BCUT2D eigenvalue weighted by atomic mass is 16.6. The Labute approximate surface area is 140 Å². The normalized spacial score (nSPS) is 29.8. The Morgan fingerprint density at radius 1 is 1.38 bits per heavy atom. The molecule has 0 aromatic heterocycles. The zero-order valence-electron chi connectivity index (χ0n) is 13.6. The fraction of sp³-hybridized carbons (Fsp3) is 0.588. The second-order valence-corrected chi connectivity index (χ2v) is 6.86. The number of hydrogen-bond acceptors (Lipinski definition) is 5. The summed E-state index contributed by atoms with van der Waals surface area (Å²) in [5.41, 5.74) is -0.660. The van der Waals surface area contributed by atoms with Gasteiger partial charge in [0.05, 0.1) is 16.6 Å². The molecule has 0 bridgehead atoms. The van der Waals surface area contributed by atoms with Crippen LogP contribution in [0.4, 0.5) is 5.69 Å². The van der Waals surface area contributed by atoms with Crippen molar-refractivity contribution in [1.29, 1.82) is 0 Å². The molecule has 1 saturated carbocycles. The monoisotopic (exact) mass is 334 g/mol. The Morgan fingerprint density at radius 3 is 2.79 bits per heavy atom. The lowest BCUT2D eigenvalue weighted by Gasteiger charge is -2.52. The molecule has 24 heavy (non-hydrogen) atoms. The van der Waals surface area contributed by atoms with E-state index in [1.54, 1.807) is 4.90 Å². The lowest BCUT2D eigenvalue weighted by molar-refractivity contribution is -0.385.